The zero-order valence-electron chi connectivity index (χ0n) is 19.1. The summed E-state index contributed by atoms with van der Waals surface area (Å²) in [5.41, 5.74) is 0. The normalized spacial score (nSPS) is 17.3. The molecule has 0 atom stereocenters. The number of carbonyl (C=O) groups is 4. The Morgan fingerprint density at radius 2 is 1.18 bits per heavy atom. The molecule has 0 aliphatic carbocycles. The highest BCUT2D eigenvalue weighted by atomic mass is 16.8. The van der Waals surface area contributed by atoms with E-state index in [1.54, 1.807) is 12.2 Å². The minimum atomic E-state index is -0.714. The summed E-state index contributed by atoms with van der Waals surface area (Å²) in [5.74, 6) is 0.676. The van der Waals surface area contributed by atoms with Gasteiger partial charge < -0.3 is 39.1 Å². The van der Waals surface area contributed by atoms with Crippen molar-refractivity contribution in [3.05, 3.63) is 23.7 Å². The van der Waals surface area contributed by atoms with Crippen LogP contribution in [0.15, 0.2) is 23.7 Å². The number of rotatable bonds is 17. The Hall–Kier alpha value is -3.12. The first-order valence-corrected chi connectivity index (χ1v) is 11.3. The van der Waals surface area contributed by atoms with Gasteiger partial charge in [-0.2, -0.15) is 0 Å². The first kappa shape index (κ1) is 27.1. The molecule has 2 aliphatic heterocycles. The van der Waals surface area contributed by atoms with Gasteiger partial charge in [-0.25, -0.2) is 9.59 Å². The Morgan fingerprint density at radius 3 is 1.56 bits per heavy atom. The fourth-order valence-electron chi connectivity index (χ4n) is 2.83. The fourth-order valence-corrected chi connectivity index (χ4v) is 2.83. The van der Waals surface area contributed by atoms with Crippen LogP contribution < -0.4 is 10.6 Å². The number of ether oxygens (including phenoxy) is 6. The predicted octanol–water partition coefficient (Wildman–Crippen LogP) is 1.69. The monoisotopic (exact) mass is 484 g/mol. The van der Waals surface area contributed by atoms with Crippen LogP contribution in [0.1, 0.15) is 38.5 Å². The summed E-state index contributed by atoms with van der Waals surface area (Å²) in [6.45, 7) is 2.46. The second-order valence-corrected chi connectivity index (χ2v) is 7.39. The number of hydrogen-bond donors (Lipinski definition) is 2. The van der Waals surface area contributed by atoms with Crippen LogP contribution in [0.2, 0.25) is 0 Å². The summed E-state index contributed by atoms with van der Waals surface area (Å²) in [6.07, 6.45) is 5.92. The average Bonchev–Trinajstić information content (AvgIpc) is 3.42. The Labute approximate surface area is 197 Å². The van der Waals surface area contributed by atoms with Crippen molar-refractivity contribution in [1.29, 1.82) is 0 Å². The summed E-state index contributed by atoms with van der Waals surface area (Å²) in [5, 5.41) is 5.68. The van der Waals surface area contributed by atoms with Crippen LogP contribution in [0.4, 0.5) is 9.59 Å². The van der Waals surface area contributed by atoms with Gasteiger partial charge in [0.1, 0.15) is 11.5 Å². The molecule has 12 heteroatoms. The molecule has 0 aromatic heterocycles. The Balaban J connectivity index is 1.31. The van der Waals surface area contributed by atoms with Gasteiger partial charge in [0.25, 0.3) is 0 Å². The van der Waals surface area contributed by atoms with E-state index in [0.717, 1.165) is 25.7 Å². The number of nitrogens with one attached hydrogen (secondary N) is 2. The molecule has 0 aromatic carbocycles. The van der Waals surface area contributed by atoms with E-state index in [2.05, 4.69) is 20.1 Å². The van der Waals surface area contributed by atoms with Crippen molar-refractivity contribution in [3.63, 3.8) is 0 Å². The van der Waals surface area contributed by atoms with Crippen molar-refractivity contribution in [2.45, 2.75) is 38.5 Å². The van der Waals surface area contributed by atoms with Gasteiger partial charge in [-0.05, 0) is 25.0 Å². The molecule has 2 fully saturated rings. The van der Waals surface area contributed by atoms with E-state index in [0.29, 0.717) is 24.6 Å². The molecule has 2 rings (SSSR count). The van der Waals surface area contributed by atoms with E-state index in [1.807, 2.05) is 0 Å². The smallest absolute Gasteiger partial charge is 0.426 e. The van der Waals surface area contributed by atoms with Gasteiger partial charge in [-0.15, -0.1) is 0 Å². The minimum absolute atomic E-state index is 0.0773. The molecule has 0 spiro atoms. The summed E-state index contributed by atoms with van der Waals surface area (Å²) < 4.78 is 29.3. The van der Waals surface area contributed by atoms with Crippen LogP contribution in [0.25, 0.3) is 0 Å². The highest BCUT2D eigenvalue weighted by molar-refractivity contribution is 5.76. The maximum absolute atomic E-state index is 11.7. The van der Waals surface area contributed by atoms with Crippen molar-refractivity contribution in [2.75, 3.05) is 52.7 Å². The van der Waals surface area contributed by atoms with Crippen molar-refractivity contribution >= 4 is 24.1 Å². The lowest BCUT2D eigenvalue weighted by molar-refractivity contribution is -0.123. The molecule has 0 radical (unpaired) electrons. The third kappa shape index (κ3) is 12.8. The summed E-state index contributed by atoms with van der Waals surface area (Å²) in [6, 6.07) is 0. The summed E-state index contributed by atoms with van der Waals surface area (Å²) >= 11 is 0. The zero-order valence-corrected chi connectivity index (χ0v) is 19.1. The Bertz CT molecular complexity index is 688. The van der Waals surface area contributed by atoms with Gasteiger partial charge in [-0.3, -0.25) is 9.59 Å². The third-order valence-electron chi connectivity index (χ3n) is 4.65. The number of carbonyl (C=O) groups excluding carboxylic acids is 4. The molecule has 2 amide bonds. The zero-order chi connectivity index (χ0) is 24.4. The molecule has 0 aromatic rings. The Kier molecular flexibility index (Phi) is 13.2. The van der Waals surface area contributed by atoms with Crippen molar-refractivity contribution in [2.24, 2.45) is 0 Å². The summed E-state index contributed by atoms with van der Waals surface area (Å²) in [4.78, 5) is 45.0. The predicted molar refractivity (Wildman–Crippen MR) is 116 cm³/mol. The average molecular weight is 485 g/mol. The minimum Gasteiger partial charge on any atom is -0.426 e. The van der Waals surface area contributed by atoms with Crippen LogP contribution >= 0.6 is 0 Å². The molecule has 0 saturated carbocycles. The topological polar surface area (TPSA) is 148 Å². The van der Waals surface area contributed by atoms with E-state index in [9.17, 15) is 19.2 Å². The second kappa shape index (κ2) is 16.5. The molecule has 190 valence electrons. The van der Waals surface area contributed by atoms with Gasteiger partial charge in [-0.1, -0.05) is 12.8 Å². The van der Waals surface area contributed by atoms with E-state index in [1.165, 1.54) is 0 Å². The molecular formula is C22H32N2O10. The van der Waals surface area contributed by atoms with E-state index in [4.69, 9.17) is 18.9 Å². The highest BCUT2D eigenvalue weighted by Gasteiger charge is 2.18. The first-order valence-electron chi connectivity index (χ1n) is 11.3. The highest BCUT2D eigenvalue weighted by Crippen LogP contribution is 2.10. The fraction of sp³-hybridized carbons (Fsp3) is 0.636. The van der Waals surface area contributed by atoms with E-state index >= 15 is 0 Å². The quantitative estimate of drug-likeness (QED) is 0.231. The van der Waals surface area contributed by atoms with Crippen LogP contribution in [-0.2, 0) is 38.0 Å². The van der Waals surface area contributed by atoms with Gasteiger partial charge in [0, 0.05) is 25.9 Å². The van der Waals surface area contributed by atoms with Gasteiger partial charge >= 0.3 is 12.3 Å². The van der Waals surface area contributed by atoms with Gasteiger partial charge in [0.05, 0.1) is 26.4 Å². The largest absolute Gasteiger partial charge is 0.514 e. The molecule has 12 nitrogen and oxygen atoms in total. The lowest BCUT2D eigenvalue weighted by Crippen LogP contribution is -2.26. The standard InChI is InChI=1S/C22H32N2O10/c25-19(7-13-29-11-5-17-15-31-21(27)33-17)23-9-3-1-2-4-10-24-20(26)8-14-30-12-6-18-16-32-22(28)34-18/h5-6H,1-4,7-16H2,(H,23,25)(H,24,26)/b17-5-,18-6-. The number of amides is 2. The van der Waals surface area contributed by atoms with E-state index in [-0.39, 0.29) is 64.3 Å². The van der Waals surface area contributed by atoms with Gasteiger partial charge in [0.2, 0.25) is 11.8 Å². The molecule has 0 unspecified atom stereocenters. The molecule has 0 bridgehead atoms. The first-order chi connectivity index (χ1) is 16.5. The lowest BCUT2D eigenvalue weighted by Gasteiger charge is -2.07. The van der Waals surface area contributed by atoms with Crippen molar-refractivity contribution < 1.29 is 47.6 Å². The molecule has 2 saturated heterocycles. The van der Waals surface area contributed by atoms with Crippen LogP contribution in [-0.4, -0.2) is 76.9 Å². The number of hydrogen-bond acceptors (Lipinski definition) is 10. The molecule has 2 heterocycles. The molecule has 2 aliphatic rings. The Morgan fingerprint density at radius 1 is 0.735 bits per heavy atom. The second-order valence-electron chi connectivity index (χ2n) is 7.39. The molecule has 34 heavy (non-hydrogen) atoms. The maximum atomic E-state index is 11.7. The van der Waals surface area contributed by atoms with Crippen LogP contribution in [0, 0.1) is 0 Å². The maximum Gasteiger partial charge on any atom is 0.514 e. The molecular weight excluding hydrogens is 452 g/mol. The summed E-state index contributed by atoms with van der Waals surface area (Å²) in [7, 11) is 0. The van der Waals surface area contributed by atoms with Crippen LogP contribution in [0.5, 0.6) is 0 Å². The van der Waals surface area contributed by atoms with E-state index < -0.39 is 12.3 Å². The van der Waals surface area contributed by atoms with Crippen molar-refractivity contribution in [1.82, 2.24) is 10.6 Å². The van der Waals surface area contributed by atoms with Crippen molar-refractivity contribution in [3.8, 4) is 0 Å². The van der Waals surface area contributed by atoms with Crippen LogP contribution in [0.3, 0.4) is 0 Å². The lowest BCUT2D eigenvalue weighted by atomic mass is 10.2. The third-order valence-corrected chi connectivity index (χ3v) is 4.65. The number of cyclic esters (lactones) is 4. The SMILES string of the molecule is O=C(CCOC/C=C1/COC(=O)O1)NCCCCCCNC(=O)CCOC/C=C1/COC(=O)O1. The van der Waals surface area contributed by atoms with Gasteiger partial charge in [0.15, 0.2) is 13.2 Å². The molecule has 2 N–H and O–H groups in total. The number of unbranched alkanes of at least 4 members (excludes halogenated alkanes) is 3.